The number of carbonyl (C=O) groups is 1. The highest BCUT2D eigenvalue weighted by atomic mass is 35.5. The van der Waals surface area contributed by atoms with Crippen LogP contribution in [0.2, 0.25) is 0 Å². The van der Waals surface area contributed by atoms with Crippen molar-refractivity contribution in [3.63, 3.8) is 0 Å². The number of nitrogens with one attached hydrogen (secondary N) is 2. The van der Waals surface area contributed by atoms with Crippen LogP contribution >= 0.6 is 11.6 Å². The van der Waals surface area contributed by atoms with Crippen molar-refractivity contribution in [2.24, 2.45) is 0 Å². The summed E-state index contributed by atoms with van der Waals surface area (Å²) in [7, 11) is 0. The highest BCUT2D eigenvalue weighted by Crippen LogP contribution is 2.27. The quantitative estimate of drug-likeness (QED) is 0.515. The molecule has 0 aliphatic heterocycles. The lowest BCUT2D eigenvalue weighted by Gasteiger charge is -2.10. The molecule has 2 N–H and O–H groups in total. The molecule has 130 valence electrons. The number of halogens is 1. The molecule has 0 radical (unpaired) electrons. The topological polar surface area (TPSA) is 76.1 Å². The van der Waals surface area contributed by atoms with Crippen molar-refractivity contribution >= 4 is 45.6 Å². The van der Waals surface area contributed by atoms with E-state index >= 15 is 0 Å². The lowest BCUT2D eigenvalue weighted by atomic mass is 10.2. The molecule has 3 aromatic rings. The molecule has 0 bridgehead atoms. The Labute approximate surface area is 155 Å². The molecular weight excluding hydrogens is 352 g/mol. The maximum atomic E-state index is 11.3. The summed E-state index contributed by atoms with van der Waals surface area (Å²) in [5.41, 5.74) is 2.25. The molecule has 0 atom stereocenters. The number of ether oxygens (including phenoxy) is 1. The van der Waals surface area contributed by atoms with Crippen LogP contribution in [-0.2, 0) is 4.79 Å². The smallest absolute Gasteiger partial charge is 0.239 e. The van der Waals surface area contributed by atoms with Gasteiger partial charge in [-0.3, -0.25) is 4.79 Å². The number of amides is 1. The van der Waals surface area contributed by atoms with Crippen LogP contribution in [0.15, 0.2) is 48.8 Å². The van der Waals surface area contributed by atoms with E-state index in [0.717, 1.165) is 16.6 Å². The number of hydrogen-bond donors (Lipinski definition) is 2. The molecule has 0 fully saturated rings. The Hall–Kier alpha value is -3.30. The Kier molecular flexibility index (Phi) is 5.52. The van der Waals surface area contributed by atoms with Gasteiger partial charge in [0.2, 0.25) is 5.91 Å². The van der Waals surface area contributed by atoms with Crippen LogP contribution < -0.4 is 15.4 Å². The van der Waals surface area contributed by atoms with Crippen molar-refractivity contribution in [2.45, 2.75) is 0 Å². The molecule has 1 heterocycles. The van der Waals surface area contributed by atoms with E-state index in [0.29, 0.717) is 17.3 Å². The van der Waals surface area contributed by atoms with Crippen LogP contribution in [0.4, 0.5) is 17.2 Å². The summed E-state index contributed by atoms with van der Waals surface area (Å²) in [6.45, 7) is 0.192. The minimum atomic E-state index is -0.256. The fraction of sp³-hybridized carbons (Fsp3) is 0.105. The molecule has 7 heteroatoms. The van der Waals surface area contributed by atoms with Gasteiger partial charge in [0.25, 0.3) is 0 Å². The van der Waals surface area contributed by atoms with Gasteiger partial charge >= 0.3 is 0 Å². The average molecular weight is 367 g/mol. The predicted octanol–water partition coefficient (Wildman–Crippen LogP) is 3.56. The van der Waals surface area contributed by atoms with Gasteiger partial charge < -0.3 is 15.4 Å². The van der Waals surface area contributed by atoms with Gasteiger partial charge in [-0.05, 0) is 42.5 Å². The van der Waals surface area contributed by atoms with Gasteiger partial charge in [-0.2, -0.15) is 0 Å². The SMILES string of the molecule is C#CCOc1ccc2ncnc(Nc3ccc(NC(=O)CCl)cc3)c2c1. The Morgan fingerprint density at radius 2 is 1.92 bits per heavy atom. The number of hydrogen-bond acceptors (Lipinski definition) is 5. The third-order valence-corrected chi connectivity index (χ3v) is 3.72. The average Bonchev–Trinajstić information content (AvgIpc) is 2.68. The number of aromatic nitrogens is 2. The van der Waals surface area contributed by atoms with Crippen LogP contribution in [0.3, 0.4) is 0 Å². The summed E-state index contributed by atoms with van der Waals surface area (Å²) in [5.74, 6) is 3.38. The number of benzene rings is 2. The zero-order chi connectivity index (χ0) is 18.4. The van der Waals surface area contributed by atoms with Crippen molar-refractivity contribution in [1.29, 1.82) is 0 Å². The van der Waals surface area contributed by atoms with E-state index < -0.39 is 0 Å². The molecule has 0 saturated carbocycles. The van der Waals surface area contributed by atoms with Gasteiger partial charge in [0, 0.05) is 16.8 Å². The van der Waals surface area contributed by atoms with E-state index in [-0.39, 0.29) is 18.4 Å². The molecule has 1 amide bonds. The van der Waals surface area contributed by atoms with E-state index in [9.17, 15) is 4.79 Å². The van der Waals surface area contributed by atoms with Crippen molar-refractivity contribution in [1.82, 2.24) is 9.97 Å². The summed E-state index contributed by atoms with van der Waals surface area (Å²) in [6.07, 6.45) is 6.71. The summed E-state index contributed by atoms with van der Waals surface area (Å²) in [4.78, 5) is 19.9. The second kappa shape index (κ2) is 8.19. The highest BCUT2D eigenvalue weighted by molar-refractivity contribution is 6.29. The number of terminal acetylenes is 1. The Bertz CT molecular complexity index is 967. The number of carbonyl (C=O) groups excluding carboxylic acids is 1. The molecule has 3 rings (SSSR count). The molecule has 0 spiro atoms. The van der Waals surface area contributed by atoms with Crippen molar-refractivity contribution < 1.29 is 9.53 Å². The van der Waals surface area contributed by atoms with Gasteiger partial charge in [-0.1, -0.05) is 5.92 Å². The van der Waals surface area contributed by atoms with Crippen LogP contribution in [0.25, 0.3) is 10.9 Å². The van der Waals surface area contributed by atoms with Crippen molar-refractivity contribution in [3.8, 4) is 18.1 Å². The molecule has 2 aromatic carbocycles. The summed E-state index contributed by atoms with van der Waals surface area (Å²) >= 11 is 5.48. The van der Waals surface area contributed by atoms with E-state index in [4.69, 9.17) is 22.8 Å². The maximum absolute atomic E-state index is 11.3. The monoisotopic (exact) mass is 366 g/mol. The molecule has 6 nitrogen and oxygen atoms in total. The molecule has 0 saturated heterocycles. The largest absolute Gasteiger partial charge is 0.481 e. The summed E-state index contributed by atoms with van der Waals surface area (Å²) in [6, 6.07) is 12.7. The second-order valence-electron chi connectivity index (χ2n) is 5.28. The first-order valence-corrected chi connectivity index (χ1v) is 8.27. The van der Waals surface area contributed by atoms with Gasteiger partial charge in [0.15, 0.2) is 0 Å². The Balaban J connectivity index is 1.83. The van der Waals surface area contributed by atoms with Gasteiger partial charge in [0.05, 0.1) is 5.52 Å². The van der Waals surface area contributed by atoms with E-state index in [2.05, 4.69) is 26.5 Å². The molecule has 0 aliphatic carbocycles. The summed E-state index contributed by atoms with van der Waals surface area (Å²) < 4.78 is 5.46. The number of fused-ring (bicyclic) bond motifs is 1. The Morgan fingerprint density at radius 3 is 2.65 bits per heavy atom. The fourth-order valence-electron chi connectivity index (χ4n) is 2.32. The van der Waals surface area contributed by atoms with Crippen LogP contribution in [0.5, 0.6) is 5.75 Å². The number of alkyl halides is 1. The van der Waals surface area contributed by atoms with Gasteiger partial charge in [0.1, 0.15) is 30.4 Å². The number of nitrogens with zero attached hydrogens (tertiary/aromatic N) is 2. The molecule has 0 unspecified atom stereocenters. The van der Waals surface area contributed by atoms with Crippen molar-refractivity contribution in [3.05, 3.63) is 48.8 Å². The Morgan fingerprint density at radius 1 is 1.15 bits per heavy atom. The first-order valence-electron chi connectivity index (χ1n) is 7.73. The lowest BCUT2D eigenvalue weighted by molar-refractivity contribution is -0.113. The molecular formula is C19H15ClN4O2. The molecule has 1 aromatic heterocycles. The third-order valence-electron chi connectivity index (χ3n) is 3.48. The number of anilines is 3. The summed E-state index contributed by atoms with van der Waals surface area (Å²) in [5, 5.41) is 6.73. The maximum Gasteiger partial charge on any atom is 0.239 e. The van der Waals surface area contributed by atoms with E-state index in [1.807, 2.05) is 30.3 Å². The minimum absolute atomic E-state index is 0.0863. The van der Waals surface area contributed by atoms with Crippen LogP contribution in [0, 0.1) is 12.3 Å². The first kappa shape index (κ1) is 17.5. The predicted molar refractivity (Wildman–Crippen MR) is 103 cm³/mol. The van der Waals surface area contributed by atoms with Crippen LogP contribution in [-0.4, -0.2) is 28.4 Å². The highest BCUT2D eigenvalue weighted by Gasteiger charge is 2.07. The lowest BCUT2D eigenvalue weighted by Crippen LogP contribution is -2.12. The van der Waals surface area contributed by atoms with Crippen LogP contribution in [0.1, 0.15) is 0 Å². The third kappa shape index (κ3) is 4.21. The van der Waals surface area contributed by atoms with Gasteiger partial charge in [-0.25, -0.2) is 9.97 Å². The van der Waals surface area contributed by atoms with Gasteiger partial charge in [-0.15, -0.1) is 18.0 Å². The standard InChI is InChI=1S/C19H15ClN4O2/c1-2-9-26-15-7-8-17-16(10-15)19(22-12-21-17)24-14-5-3-13(4-6-14)23-18(25)11-20/h1,3-8,10,12H,9,11H2,(H,23,25)(H,21,22,24). The zero-order valence-electron chi connectivity index (χ0n) is 13.7. The number of rotatable bonds is 6. The minimum Gasteiger partial charge on any atom is -0.481 e. The van der Waals surface area contributed by atoms with Crippen molar-refractivity contribution in [2.75, 3.05) is 23.1 Å². The van der Waals surface area contributed by atoms with E-state index in [1.54, 1.807) is 12.1 Å². The molecule has 26 heavy (non-hydrogen) atoms. The fourth-order valence-corrected chi connectivity index (χ4v) is 2.38. The normalized spacial score (nSPS) is 10.2. The molecule has 0 aliphatic rings. The first-order chi connectivity index (χ1) is 12.7. The zero-order valence-corrected chi connectivity index (χ0v) is 14.5. The second-order valence-corrected chi connectivity index (χ2v) is 5.55. The van der Waals surface area contributed by atoms with E-state index in [1.165, 1.54) is 6.33 Å².